The van der Waals surface area contributed by atoms with Crippen molar-refractivity contribution in [1.29, 1.82) is 0 Å². The third kappa shape index (κ3) is 8.82. The summed E-state index contributed by atoms with van der Waals surface area (Å²) < 4.78 is 27.5. The van der Waals surface area contributed by atoms with Crippen LogP contribution >= 0.6 is 0 Å². The number of hydrogen-bond acceptors (Lipinski definition) is 5. The van der Waals surface area contributed by atoms with Gasteiger partial charge in [-0.25, -0.2) is 0 Å². The quantitative estimate of drug-likeness (QED) is 0.432. The van der Waals surface area contributed by atoms with Gasteiger partial charge in [-0.15, -0.1) is 0 Å². The monoisotopic (exact) mass is 629 g/mol. The number of likely N-dealkylation sites (tertiary alicyclic amines) is 2. The Balaban J connectivity index is 1.20. The number of carbonyl (C=O) groups is 3. The van der Waals surface area contributed by atoms with Gasteiger partial charge in [-0.05, 0) is 87.7 Å². The van der Waals surface area contributed by atoms with E-state index in [9.17, 15) is 23.2 Å². The first kappa shape index (κ1) is 33.8. The van der Waals surface area contributed by atoms with Crippen molar-refractivity contribution in [3.8, 4) is 0 Å². The van der Waals surface area contributed by atoms with Crippen LogP contribution in [0.25, 0.3) is 0 Å². The lowest BCUT2D eigenvalue weighted by Gasteiger charge is -2.40. The topological polar surface area (TPSA) is 76.2 Å². The van der Waals surface area contributed by atoms with Gasteiger partial charge < -0.3 is 20.0 Å². The molecule has 2 unspecified atom stereocenters. The van der Waals surface area contributed by atoms with Gasteiger partial charge in [-0.3, -0.25) is 19.3 Å². The zero-order chi connectivity index (χ0) is 32.0. The van der Waals surface area contributed by atoms with Gasteiger partial charge in [-0.2, -0.15) is 8.78 Å². The van der Waals surface area contributed by atoms with Crippen molar-refractivity contribution in [1.82, 2.24) is 24.9 Å². The van der Waals surface area contributed by atoms with Crippen molar-refractivity contribution in [3.63, 3.8) is 0 Å². The highest BCUT2D eigenvalue weighted by molar-refractivity contribution is 5.97. The van der Waals surface area contributed by atoms with E-state index >= 15 is 0 Å². The van der Waals surface area contributed by atoms with E-state index in [1.807, 2.05) is 23.1 Å². The smallest absolute Gasteiger partial charge is 0.322 e. The molecule has 2 atom stereocenters. The van der Waals surface area contributed by atoms with E-state index in [4.69, 9.17) is 0 Å². The van der Waals surface area contributed by atoms with Gasteiger partial charge in [-0.1, -0.05) is 38.3 Å². The minimum Gasteiger partial charge on any atom is -0.340 e. The number of nitrogens with zero attached hydrogens (tertiary/aromatic N) is 4. The molecule has 0 radical (unpaired) electrons. The second kappa shape index (κ2) is 15.3. The average Bonchev–Trinajstić information content (AvgIpc) is 3.07. The molecule has 0 spiro atoms. The van der Waals surface area contributed by atoms with Crippen molar-refractivity contribution in [2.24, 2.45) is 11.8 Å². The van der Waals surface area contributed by atoms with E-state index in [1.165, 1.54) is 30.8 Å². The fourth-order valence-corrected chi connectivity index (χ4v) is 7.92. The molecule has 0 bridgehead atoms. The molecule has 10 heteroatoms. The molecular weight excluding hydrogens is 576 g/mol. The number of halogens is 2. The van der Waals surface area contributed by atoms with Gasteiger partial charge in [0.15, 0.2) is 0 Å². The third-order valence-electron chi connectivity index (χ3n) is 10.7. The van der Waals surface area contributed by atoms with Gasteiger partial charge in [0.1, 0.15) is 6.04 Å². The lowest BCUT2D eigenvalue weighted by atomic mass is 9.83. The first-order valence-electron chi connectivity index (χ1n) is 17.4. The Hall–Kier alpha value is -2.59. The first-order valence-corrected chi connectivity index (χ1v) is 17.4. The highest BCUT2D eigenvalue weighted by Crippen LogP contribution is 2.31. The molecule has 1 aromatic rings. The van der Waals surface area contributed by atoms with Crippen LogP contribution in [0.1, 0.15) is 93.5 Å². The summed E-state index contributed by atoms with van der Waals surface area (Å²) in [5.74, 6) is -4.06. The van der Waals surface area contributed by atoms with E-state index in [0.29, 0.717) is 38.5 Å². The van der Waals surface area contributed by atoms with Gasteiger partial charge in [0, 0.05) is 64.2 Å². The fraction of sp³-hybridized carbons (Fsp3) is 0.743. The highest BCUT2D eigenvalue weighted by atomic mass is 19.3. The molecule has 0 aromatic heterocycles. The molecule has 4 fully saturated rings. The van der Waals surface area contributed by atoms with E-state index in [0.717, 1.165) is 76.2 Å². The average molecular weight is 630 g/mol. The molecule has 250 valence electrons. The van der Waals surface area contributed by atoms with Crippen LogP contribution in [0.15, 0.2) is 24.3 Å². The third-order valence-corrected chi connectivity index (χ3v) is 10.7. The second-order valence-electron chi connectivity index (χ2n) is 14.0. The summed E-state index contributed by atoms with van der Waals surface area (Å²) in [5.41, 5.74) is 1.32. The largest absolute Gasteiger partial charge is 0.340 e. The van der Waals surface area contributed by atoms with E-state index in [2.05, 4.69) is 22.0 Å². The molecule has 45 heavy (non-hydrogen) atoms. The Bertz CT molecular complexity index is 1150. The Morgan fingerprint density at radius 1 is 0.867 bits per heavy atom. The SMILES string of the molecule is CCN1CCC(CN2CCN(C(=O)C(NC(=O)c3cccc(C4CCCN(C(=O)C(C)(F)F)C4)c3)C3CCCCC3)CC2)CC1. The molecule has 1 aliphatic carbocycles. The van der Waals surface area contributed by atoms with Crippen LogP contribution < -0.4 is 5.32 Å². The van der Waals surface area contributed by atoms with Gasteiger partial charge in [0.2, 0.25) is 5.91 Å². The van der Waals surface area contributed by atoms with E-state index in [-0.39, 0.29) is 30.2 Å². The summed E-state index contributed by atoms with van der Waals surface area (Å²) in [6, 6.07) is 6.71. The van der Waals surface area contributed by atoms with Crippen LogP contribution in [0.4, 0.5) is 8.78 Å². The maximum absolute atomic E-state index is 14.0. The molecule has 5 rings (SSSR count). The van der Waals surface area contributed by atoms with Crippen LogP contribution in [0, 0.1) is 11.8 Å². The predicted octanol–water partition coefficient (Wildman–Crippen LogP) is 4.60. The van der Waals surface area contributed by atoms with Gasteiger partial charge >= 0.3 is 5.92 Å². The normalized spacial score (nSPS) is 24.0. The maximum Gasteiger partial charge on any atom is 0.322 e. The van der Waals surface area contributed by atoms with Crippen molar-refractivity contribution in [3.05, 3.63) is 35.4 Å². The van der Waals surface area contributed by atoms with Crippen LogP contribution in [-0.4, -0.2) is 115 Å². The lowest BCUT2D eigenvalue weighted by molar-refractivity contribution is -0.156. The predicted molar refractivity (Wildman–Crippen MR) is 171 cm³/mol. The zero-order valence-electron chi connectivity index (χ0n) is 27.3. The van der Waals surface area contributed by atoms with Crippen molar-refractivity contribution < 1.29 is 23.2 Å². The number of alkyl halides is 2. The zero-order valence-corrected chi connectivity index (χ0v) is 27.3. The van der Waals surface area contributed by atoms with Crippen molar-refractivity contribution in [2.75, 3.05) is 65.4 Å². The molecule has 1 saturated carbocycles. The molecule has 3 amide bonds. The van der Waals surface area contributed by atoms with Crippen LogP contribution in [-0.2, 0) is 9.59 Å². The number of benzene rings is 1. The Morgan fingerprint density at radius 2 is 1.58 bits per heavy atom. The lowest BCUT2D eigenvalue weighted by Crippen LogP contribution is -2.57. The summed E-state index contributed by atoms with van der Waals surface area (Å²) >= 11 is 0. The van der Waals surface area contributed by atoms with Crippen LogP contribution in [0.5, 0.6) is 0 Å². The number of piperidine rings is 2. The molecule has 3 saturated heterocycles. The summed E-state index contributed by atoms with van der Waals surface area (Å²) in [6.07, 6.45) is 9.04. The van der Waals surface area contributed by atoms with Gasteiger partial charge in [0.25, 0.3) is 11.8 Å². The summed E-state index contributed by atoms with van der Waals surface area (Å²) in [6.45, 7) is 11.1. The van der Waals surface area contributed by atoms with E-state index in [1.54, 1.807) is 6.07 Å². The van der Waals surface area contributed by atoms with Crippen LogP contribution in [0.3, 0.4) is 0 Å². The second-order valence-corrected chi connectivity index (χ2v) is 14.0. The molecule has 1 N–H and O–H groups in total. The number of hydrogen-bond donors (Lipinski definition) is 1. The molecule has 8 nitrogen and oxygen atoms in total. The number of carbonyl (C=O) groups excluding carboxylic acids is 3. The Kier molecular flexibility index (Phi) is 11.5. The number of nitrogens with one attached hydrogen (secondary N) is 1. The van der Waals surface area contributed by atoms with Crippen molar-refractivity contribution >= 4 is 17.7 Å². The Morgan fingerprint density at radius 3 is 2.24 bits per heavy atom. The Labute approximate surface area is 267 Å². The number of rotatable bonds is 9. The summed E-state index contributed by atoms with van der Waals surface area (Å²) in [5, 5.41) is 3.15. The molecule has 1 aromatic carbocycles. The van der Waals surface area contributed by atoms with Crippen LogP contribution in [0.2, 0.25) is 0 Å². The fourth-order valence-electron chi connectivity index (χ4n) is 7.92. The molecular formula is C35H53F2N5O3. The first-order chi connectivity index (χ1) is 21.6. The maximum atomic E-state index is 14.0. The highest BCUT2D eigenvalue weighted by Gasteiger charge is 2.39. The number of amides is 3. The summed E-state index contributed by atoms with van der Waals surface area (Å²) in [4.78, 5) is 48.2. The number of piperazine rings is 1. The summed E-state index contributed by atoms with van der Waals surface area (Å²) in [7, 11) is 0. The minimum atomic E-state index is -3.40. The van der Waals surface area contributed by atoms with E-state index < -0.39 is 17.9 Å². The van der Waals surface area contributed by atoms with Crippen molar-refractivity contribution in [2.45, 2.75) is 89.5 Å². The molecule has 4 aliphatic rings. The molecule has 3 heterocycles. The molecule has 3 aliphatic heterocycles. The van der Waals surface area contributed by atoms with Gasteiger partial charge in [0.05, 0.1) is 0 Å². The minimum absolute atomic E-state index is 0.0317. The standard InChI is InChI=1S/C35H53F2N5O3/c1-3-39-17-14-26(15-18-39)24-40-19-21-41(22-20-40)33(44)31(27-9-5-4-6-10-27)38-32(43)29-12-7-11-28(23-29)30-13-8-16-42(25-30)34(45)35(2,36)37/h7,11-12,23,26-27,30-31H,3-6,8-10,13-22,24-25H2,1-2H3,(H,38,43).